The molecule has 0 aromatic heterocycles. The van der Waals surface area contributed by atoms with E-state index in [0.29, 0.717) is 5.92 Å². The van der Waals surface area contributed by atoms with Crippen molar-refractivity contribution in [3.8, 4) is 0 Å². The Balaban J connectivity index is 4.64. The van der Waals surface area contributed by atoms with E-state index in [2.05, 4.69) is 80.8 Å². The quantitative estimate of drug-likeness (QED) is 0.287. The number of allylic oxidation sites excluding steroid dienone is 2. The van der Waals surface area contributed by atoms with Crippen molar-refractivity contribution in [2.75, 3.05) is 6.54 Å². The van der Waals surface area contributed by atoms with E-state index >= 15 is 0 Å². The fourth-order valence-electron chi connectivity index (χ4n) is 3.28. The predicted molar refractivity (Wildman–Crippen MR) is 121 cm³/mol. The third kappa shape index (κ3) is 10.9. The Kier molecular flexibility index (Phi) is 9.32. The molecule has 0 aliphatic rings. The van der Waals surface area contributed by atoms with Crippen LogP contribution >= 0.6 is 0 Å². The van der Waals surface area contributed by atoms with E-state index in [4.69, 9.17) is 10.5 Å². The largest absolute Gasteiger partial charge is 0.389 e. The Morgan fingerprint density at radius 1 is 0.963 bits per heavy atom. The molecule has 0 fully saturated rings. The van der Waals surface area contributed by atoms with Gasteiger partial charge in [-0.05, 0) is 70.1 Å². The van der Waals surface area contributed by atoms with Crippen molar-refractivity contribution in [2.24, 2.45) is 22.5 Å². The highest BCUT2D eigenvalue weighted by Crippen LogP contribution is 2.37. The molecule has 0 spiro atoms. The lowest BCUT2D eigenvalue weighted by Crippen LogP contribution is -2.49. The van der Waals surface area contributed by atoms with Crippen LogP contribution in [0.1, 0.15) is 94.9 Å². The third-order valence-electron chi connectivity index (χ3n) is 5.71. The molecule has 3 heteroatoms. The summed E-state index contributed by atoms with van der Waals surface area (Å²) in [6.45, 7) is 30.9. The molecule has 0 aliphatic carbocycles. The maximum atomic E-state index is 6.52. The van der Waals surface area contributed by atoms with Crippen LogP contribution < -0.4 is 11.1 Å². The van der Waals surface area contributed by atoms with Gasteiger partial charge in [0.1, 0.15) is 5.72 Å². The third-order valence-corrected chi connectivity index (χ3v) is 5.71. The van der Waals surface area contributed by atoms with E-state index in [-0.39, 0.29) is 16.4 Å². The van der Waals surface area contributed by atoms with Gasteiger partial charge in [0, 0.05) is 12.2 Å². The monoisotopic (exact) mass is 380 g/mol. The predicted octanol–water partition coefficient (Wildman–Crippen LogP) is 6.40. The van der Waals surface area contributed by atoms with Gasteiger partial charge in [0.2, 0.25) is 0 Å². The summed E-state index contributed by atoms with van der Waals surface area (Å²) < 4.78 is 6.39. The van der Waals surface area contributed by atoms with Crippen molar-refractivity contribution in [3.63, 3.8) is 0 Å². The van der Waals surface area contributed by atoms with Gasteiger partial charge in [-0.1, -0.05) is 60.3 Å². The first-order chi connectivity index (χ1) is 11.9. The zero-order chi connectivity index (χ0) is 21.7. The van der Waals surface area contributed by atoms with Crippen LogP contribution in [0.4, 0.5) is 0 Å². The van der Waals surface area contributed by atoms with Crippen molar-refractivity contribution in [3.05, 3.63) is 24.4 Å². The van der Waals surface area contributed by atoms with E-state index < -0.39 is 5.72 Å². The summed E-state index contributed by atoms with van der Waals surface area (Å²) in [7, 11) is 0. The van der Waals surface area contributed by atoms with Crippen molar-refractivity contribution in [2.45, 2.75) is 106 Å². The van der Waals surface area contributed by atoms with Gasteiger partial charge in [-0.3, -0.25) is 0 Å². The molecule has 1 atom stereocenters. The number of rotatable bonds is 13. The van der Waals surface area contributed by atoms with Gasteiger partial charge in [0.05, 0.1) is 5.60 Å². The SMILES string of the molecule is C=C(NCCC(C)(C)CCC(C)(C)OC(C)(N)CC(C)(C)C(=C)C)C(C)C. The summed E-state index contributed by atoms with van der Waals surface area (Å²) in [4.78, 5) is 0. The molecular formula is C24H48N2O. The molecule has 0 saturated heterocycles. The summed E-state index contributed by atoms with van der Waals surface area (Å²) in [6, 6.07) is 0. The maximum absolute atomic E-state index is 6.52. The molecule has 3 N–H and O–H groups in total. The summed E-state index contributed by atoms with van der Waals surface area (Å²) in [5.41, 5.74) is 8.05. The van der Waals surface area contributed by atoms with E-state index in [1.165, 1.54) is 0 Å². The van der Waals surface area contributed by atoms with Crippen molar-refractivity contribution in [1.29, 1.82) is 0 Å². The summed E-state index contributed by atoms with van der Waals surface area (Å²) >= 11 is 0. The Labute approximate surface area is 170 Å². The lowest BCUT2D eigenvalue weighted by molar-refractivity contribution is -0.147. The first-order valence-corrected chi connectivity index (χ1v) is 10.5. The molecule has 27 heavy (non-hydrogen) atoms. The normalized spacial score (nSPS) is 15.6. The van der Waals surface area contributed by atoms with Crippen LogP contribution in [0.2, 0.25) is 0 Å². The van der Waals surface area contributed by atoms with Crippen LogP contribution in [0.15, 0.2) is 24.4 Å². The summed E-state index contributed by atoms with van der Waals surface area (Å²) in [6.07, 6.45) is 3.93. The number of nitrogens with one attached hydrogen (secondary N) is 1. The molecule has 0 aromatic rings. The minimum Gasteiger partial charge on any atom is -0.389 e. The van der Waals surface area contributed by atoms with E-state index in [1.807, 2.05) is 6.92 Å². The van der Waals surface area contributed by atoms with Crippen LogP contribution in [0.25, 0.3) is 0 Å². The van der Waals surface area contributed by atoms with Crippen LogP contribution in [-0.4, -0.2) is 17.9 Å². The van der Waals surface area contributed by atoms with Crippen molar-refractivity contribution >= 4 is 0 Å². The first-order valence-electron chi connectivity index (χ1n) is 10.5. The zero-order valence-electron chi connectivity index (χ0n) is 20.0. The van der Waals surface area contributed by atoms with Gasteiger partial charge in [-0.2, -0.15) is 0 Å². The average Bonchev–Trinajstić information content (AvgIpc) is 2.42. The van der Waals surface area contributed by atoms with Crippen LogP contribution in [0.5, 0.6) is 0 Å². The smallest absolute Gasteiger partial charge is 0.115 e. The zero-order valence-corrected chi connectivity index (χ0v) is 20.0. The molecule has 0 rings (SSSR count). The van der Waals surface area contributed by atoms with Gasteiger partial charge in [0.25, 0.3) is 0 Å². The molecule has 0 saturated carbocycles. The molecule has 160 valence electrons. The van der Waals surface area contributed by atoms with Gasteiger partial charge in [0.15, 0.2) is 0 Å². The fraction of sp³-hybridized carbons (Fsp3) is 0.833. The minimum atomic E-state index is -0.674. The van der Waals surface area contributed by atoms with Crippen LogP contribution in [0.3, 0.4) is 0 Å². The van der Waals surface area contributed by atoms with Gasteiger partial charge in [-0.15, -0.1) is 0 Å². The minimum absolute atomic E-state index is 0.0384. The topological polar surface area (TPSA) is 47.3 Å². The number of nitrogens with two attached hydrogens (primary N) is 1. The van der Waals surface area contributed by atoms with Gasteiger partial charge >= 0.3 is 0 Å². The molecular weight excluding hydrogens is 332 g/mol. The number of ether oxygens (including phenoxy) is 1. The van der Waals surface area contributed by atoms with Crippen LogP contribution in [0, 0.1) is 16.7 Å². The fourth-order valence-corrected chi connectivity index (χ4v) is 3.28. The summed E-state index contributed by atoms with van der Waals surface area (Å²) in [5.74, 6) is 0.478. The number of hydrogen-bond acceptors (Lipinski definition) is 3. The molecule has 1 unspecified atom stereocenters. The lowest BCUT2D eigenvalue weighted by atomic mass is 9.78. The molecule has 0 aromatic carbocycles. The Hall–Kier alpha value is -0.800. The second kappa shape index (κ2) is 9.60. The average molecular weight is 381 g/mol. The molecule has 0 radical (unpaired) electrons. The van der Waals surface area contributed by atoms with E-state index in [0.717, 1.165) is 43.5 Å². The van der Waals surface area contributed by atoms with Gasteiger partial charge < -0.3 is 15.8 Å². The van der Waals surface area contributed by atoms with E-state index in [1.54, 1.807) is 0 Å². The molecule has 0 bridgehead atoms. The molecule has 3 nitrogen and oxygen atoms in total. The Morgan fingerprint density at radius 2 is 1.48 bits per heavy atom. The second-order valence-corrected chi connectivity index (χ2v) is 11.0. The first kappa shape index (κ1) is 26.2. The molecule has 0 heterocycles. The maximum Gasteiger partial charge on any atom is 0.115 e. The second-order valence-electron chi connectivity index (χ2n) is 11.0. The lowest BCUT2D eigenvalue weighted by Gasteiger charge is -2.41. The molecule has 0 amide bonds. The molecule has 0 aliphatic heterocycles. The Morgan fingerprint density at radius 3 is 1.93 bits per heavy atom. The van der Waals surface area contributed by atoms with Crippen molar-refractivity contribution in [1.82, 2.24) is 5.32 Å². The highest BCUT2D eigenvalue weighted by atomic mass is 16.5. The highest BCUT2D eigenvalue weighted by molar-refractivity contribution is 5.05. The Bertz CT molecular complexity index is 499. The highest BCUT2D eigenvalue weighted by Gasteiger charge is 2.36. The number of hydrogen-bond donors (Lipinski definition) is 2. The van der Waals surface area contributed by atoms with Crippen LogP contribution in [-0.2, 0) is 4.74 Å². The van der Waals surface area contributed by atoms with Gasteiger partial charge in [-0.25, -0.2) is 0 Å². The van der Waals surface area contributed by atoms with E-state index in [9.17, 15) is 0 Å². The summed E-state index contributed by atoms with van der Waals surface area (Å²) in [5, 5.41) is 3.46. The standard InChI is InChI=1S/C24H48N2O/c1-18(2)20(5)26-16-15-21(6,7)13-14-23(10,11)27-24(12,25)17-22(8,9)19(3)4/h18,26H,3,5,13-17,25H2,1-2,4,6-12H3. The van der Waals surface area contributed by atoms with Crippen molar-refractivity contribution < 1.29 is 4.74 Å².